The molecule has 1 saturated heterocycles. The molecule has 2 heterocycles. The molecule has 1 unspecified atom stereocenters. The van der Waals surface area contributed by atoms with Gasteiger partial charge >= 0.3 is 0 Å². The number of nitrogens with zero attached hydrogens (tertiary/aromatic N) is 3. The maximum absolute atomic E-state index is 5.80. The van der Waals surface area contributed by atoms with Gasteiger partial charge in [0.15, 0.2) is 0 Å². The molecule has 1 fully saturated rings. The van der Waals surface area contributed by atoms with Crippen LogP contribution in [0.1, 0.15) is 31.2 Å². The van der Waals surface area contributed by atoms with E-state index in [0.717, 1.165) is 30.3 Å². The number of hydrogen-bond acceptors (Lipinski definition) is 3. The molecule has 2 aromatic rings. The summed E-state index contributed by atoms with van der Waals surface area (Å²) in [6, 6.07) is 6.50. The van der Waals surface area contributed by atoms with Gasteiger partial charge in [-0.3, -0.25) is 4.90 Å². The number of piperidine rings is 1. The lowest BCUT2D eigenvalue weighted by Crippen LogP contribution is -2.34. The van der Waals surface area contributed by atoms with Gasteiger partial charge in [0.2, 0.25) is 0 Å². The lowest BCUT2D eigenvalue weighted by Gasteiger charge is -2.30. The van der Waals surface area contributed by atoms with Crippen LogP contribution in [0.5, 0.6) is 0 Å². The summed E-state index contributed by atoms with van der Waals surface area (Å²) in [6.45, 7) is 9.28. The third-order valence-electron chi connectivity index (χ3n) is 4.44. The molecule has 0 bridgehead atoms. The Morgan fingerprint density at radius 3 is 3.00 bits per heavy atom. The molecule has 4 nitrogen and oxygen atoms in total. The molecule has 1 aliphatic rings. The van der Waals surface area contributed by atoms with E-state index in [2.05, 4.69) is 41.5 Å². The van der Waals surface area contributed by atoms with E-state index in [4.69, 9.17) is 10.7 Å². The topological polar surface area (TPSA) is 47.1 Å². The highest BCUT2D eigenvalue weighted by Gasteiger charge is 2.19. The Balaban J connectivity index is 1.90. The fourth-order valence-corrected chi connectivity index (χ4v) is 3.42. The van der Waals surface area contributed by atoms with E-state index in [1.54, 1.807) is 0 Å². The molecule has 2 N–H and O–H groups in total. The second-order valence-corrected chi connectivity index (χ2v) is 6.44. The van der Waals surface area contributed by atoms with Gasteiger partial charge in [0.1, 0.15) is 5.82 Å². The van der Waals surface area contributed by atoms with Crippen LogP contribution in [0.15, 0.2) is 18.2 Å². The van der Waals surface area contributed by atoms with E-state index in [1.807, 2.05) is 0 Å². The molecule has 1 aromatic carbocycles. The Bertz CT molecular complexity index is 617. The van der Waals surface area contributed by atoms with Crippen molar-refractivity contribution in [2.75, 3.05) is 19.6 Å². The quantitative estimate of drug-likeness (QED) is 0.939. The second-order valence-electron chi connectivity index (χ2n) is 6.44. The van der Waals surface area contributed by atoms with Crippen LogP contribution in [0, 0.1) is 12.8 Å². The predicted molar refractivity (Wildman–Crippen MR) is 87.2 cm³/mol. The summed E-state index contributed by atoms with van der Waals surface area (Å²) >= 11 is 0. The first-order valence-electron chi connectivity index (χ1n) is 8.05. The first-order chi connectivity index (χ1) is 10.2. The molecule has 0 spiro atoms. The van der Waals surface area contributed by atoms with Crippen LogP contribution < -0.4 is 5.73 Å². The molecule has 1 atom stereocenters. The van der Waals surface area contributed by atoms with Gasteiger partial charge in [-0.1, -0.05) is 13.0 Å². The molecule has 1 aliphatic heterocycles. The van der Waals surface area contributed by atoms with Gasteiger partial charge < -0.3 is 10.3 Å². The van der Waals surface area contributed by atoms with Crippen LogP contribution in [-0.4, -0.2) is 34.1 Å². The predicted octanol–water partition coefficient (Wildman–Crippen LogP) is 2.54. The van der Waals surface area contributed by atoms with Crippen molar-refractivity contribution in [3.05, 3.63) is 29.6 Å². The SMILES string of the molecule is Cc1ccc2c(c1)nc(CN1CCCC(C)C1)n2CCN. The summed E-state index contributed by atoms with van der Waals surface area (Å²) < 4.78 is 2.30. The minimum Gasteiger partial charge on any atom is -0.329 e. The van der Waals surface area contributed by atoms with Crippen LogP contribution in [0.3, 0.4) is 0 Å². The third-order valence-corrected chi connectivity index (χ3v) is 4.44. The van der Waals surface area contributed by atoms with E-state index in [1.165, 1.54) is 37.0 Å². The molecule has 0 amide bonds. The Morgan fingerprint density at radius 2 is 2.24 bits per heavy atom. The fourth-order valence-electron chi connectivity index (χ4n) is 3.42. The van der Waals surface area contributed by atoms with Crippen LogP contribution >= 0.6 is 0 Å². The van der Waals surface area contributed by atoms with Crippen molar-refractivity contribution in [2.24, 2.45) is 11.7 Å². The van der Waals surface area contributed by atoms with Gasteiger partial charge in [-0.15, -0.1) is 0 Å². The molecule has 114 valence electrons. The standard InChI is InChI=1S/C17H26N4/c1-13-5-6-16-15(10-13)19-17(21(16)9-7-18)12-20-8-3-4-14(2)11-20/h5-6,10,14H,3-4,7-9,11-12,18H2,1-2H3. The molecule has 3 rings (SSSR count). The maximum atomic E-state index is 5.80. The number of hydrogen-bond donors (Lipinski definition) is 1. The highest BCUT2D eigenvalue weighted by atomic mass is 15.2. The zero-order chi connectivity index (χ0) is 14.8. The Kier molecular flexibility index (Phi) is 4.27. The van der Waals surface area contributed by atoms with Gasteiger partial charge in [-0.25, -0.2) is 4.98 Å². The average Bonchev–Trinajstić information content (AvgIpc) is 2.76. The van der Waals surface area contributed by atoms with Crippen LogP contribution in [0.4, 0.5) is 0 Å². The number of aryl methyl sites for hydroxylation is 1. The molecular weight excluding hydrogens is 260 g/mol. The average molecular weight is 286 g/mol. The summed E-state index contributed by atoms with van der Waals surface area (Å²) in [5.74, 6) is 1.96. The number of aromatic nitrogens is 2. The van der Waals surface area contributed by atoms with Gasteiger partial charge in [-0.2, -0.15) is 0 Å². The van der Waals surface area contributed by atoms with E-state index in [9.17, 15) is 0 Å². The van der Waals surface area contributed by atoms with E-state index in [-0.39, 0.29) is 0 Å². The van der Waals surface area contributed by atoms with Gasteiger partial charge in [0.05, 0.1) is 17.6 Å². The summed E-state index contributed by atoms with van der Waals surface area (Å²) in [4.78, 5) is 7.41. The number of benzene rings is 1. The number of imidazole rings is 1. The third kappa shape index (κ3) is 3.11. The summed E-state index contributed by atoms with van der Waals surface area (Å²) in [7, 11) is 0. The molecule has 21 heavy (non-hydrogen) atoms. The molecular formula is C17H26N4. The normalized spacial score (nSPS) is 20.2. The van der Waals surface area contributed by atoms with Crippen LogP contribution in [-0.2, 0) is 13.1 Å². The molecule has 1 aromatic heterocycles. The monoisotopic (exact) mass is 286 g/mol. The number of fused-ring (bicyclic) bond motifs is 1. The molecule has 0 aliphatic carbocycles. The number of likely N-dealkylation sites (tertiary alicyclic amines) is 1. The number of rotatable bonds is 4. The van der Waals surface area contributed by atoms with E-state index >= 15 is 0 Å². The molecule has 4 heteroatoms. The zero-order valence-corrected chi connectivity index (χ0v) is 13.2. The number of nitrogens with two attached hydrogens (primary N) is 1. The van der Waals surface area contributed by atoms with Crippen LogP contribution in [0.2, 0.25) is 0 Å². The van der Waals surface area contributed by atoms with Gasteiger partial charge in [0.25, 0.3) is 0 Å². The Hall–Kier alpha value is -1.39. The molecule has 0 saturated carbocycles. The zero-order valence-electron chi connectivity index (χ0n) is 13.2. The van der Waals surface area contributed by atoms with E-state index in [0.29, 0.717) is 6.54 Å². The van der Waals surface area contributed by atoms with Crippen molar-refractivity contribution in [3.63, 3.8) is 0 Å². The van der Waals surface area contributed by atoms with Crippen molar-refractivity contribution in [1.29, 1.82) is 0 Å². The highest BCUT2D eigenvalue weighted by molar-refractivity contribution is 5.76. The largest absolute Gasteiger partial charge is 0.329 e. The van der Waals surface area contributed by atoms with Crippen LogP contribution in [0.25, 0.3) is 11.0 Å². The van der Waals surface area contributed by atoms with Crippen molar-refractivity contribution in [2.45, 2.75) is 39.8 Å². The van der Waals surface area contributed by atoms with Crippen molar-refractivity contribution in [1.82, 2.24) is 14.5 Å². The van der Waals surface area contributed by atoms with Gasteiger partial charge in [-0.05, 0) is 49.9 Å². The first-order valence-corrected chi connectivity index (χ1v) is 8.05. The highest BCUT2D eigenvalue weighted by Crippen LogP contribution is 2.21. The lowest BCUT2D eigenvalue weighted by molar-refractivity contribution is 0.171. The lowest BCUT2D eigenvalue weighted by atomic mass is 10.0. The minimum atomic E-state index is 0.655. The molecule has 0 radical (unpaired) electrons. The summed E-state index contributed by atoms with van der Waals surface area (Å²) in [5.41, 5.74) is 9.38. The first kappa shape index (κ1) is 14.5. The van der Waals surface area contributed by atoms with E-state index < -0.39 is 0 Å². The van der Waals surface area contributed by atoms with Crippen molar-refractivity contribution >= 4 is 11.0 Å². The minimum absolute atomic E-state index is 0.655. The second kappa shape index (κ2) is 6.16. The van der Waals surface area contributed by atoms with Crippen molar-refractivity contribution < 1.29 is 0 Å². The Labute approximate surface area is 126 Å². The summed E-state index contributed by atoms with van der Waals surface area (Å²) in [6.07, 6.45) is 2.66. The van der Waals surface area contributed by atoms with Gasteiger partial charge in [0, 0.05) is 19.6 Å². The Morgan fingerprint density at radius 1 is 1.38 bits per heavy atom. The van der Waals surface area contributed by atoms with Crippen molar-refractivity contribution in [3.8, 4) is 0 Å². The summed E-state index contributed by atoms with van der Waals surface area (Å²) in [5, 5.41) is 0. The fraction of sp³-hybridized carbons (Fsp3) is 0.588. The maximum Gasteiger partial charge on any atom is 0.124 e. The smallest absolute Gasteiger partial charge is 0.124 e.